The van der Waals surface area contributed by atoms with Crippen LogP contribution in [0.3, 0.4) is 0 Å². The van der Waals surface area contributed by atoms with Crippen LogP contribution in [0.1, 0.15) is 50.3 Å². The summed E-state index contributed by atoms with van der Waals surface area (Å²) in [5.74, 6) is 0.131. The van der Waals surface area contributed by atoms with Crippen molar-refractivity contribution < 1.29 is 35.9 Å². The standard InChI is InChI=1S/C26H32F6N4O2S/c1-24(2,3)20(22(37)35(4)5)33-21-19(39-23(38)34-21)12-15-8-10-36(11-9-15)14-16-6-7-17(25(27,28)29)13-18(16)26(30,31)32/h6-7,12-13,15,20H,8-11,14H2,1-5H3,(H,33,34,38)/b19-12-/t20-/m1/s1. The van der Waals surface area contributed by atoms with Crippen molar-refractivity contribution in [2.24, 2.45) is 16.3 Å². The number of hydrogen-bond acceptors (Lipinski definition) is 5. The molecule has 2 fully saturated rings. The van der Waals surface area contributed by atoms with Gasteiger partial charge in [0.05, 0.1) is 16.0 Å². The molecule has 39 heavy (non-hydrogen) atoms. The first-order valence-corrected chi connectivity index (χ1v) is 13.2. The Morgan fingerprint density at radius 1 is 1.13 bits per heavy atom. The Bertz CT molecular complexity index is 1150. The van der Waals surface area contributed by atoms with E-state index in [9.17, 15) is 35.9 Å². The molecule has 2 aliphatic heterocycles. The van der Waals surface area contributed by atoms with Crippen molar-refractivity contribution >= 4 is 28.7 Å². The highest BCUT2D eigenvalue weighted by atomic mass is 32.2. The Kier molecular flexibility index (Phi) is 9.15. The predicted octanol–water partition coefficient (Wildman–Crippen LogP) is 6.18. The molecule has 0 spiro atoms. The van der Waals surface area contributed by atoms with Crippen molar-refractivity contribution in [3.05, 3.63) is 45.9 Å². The number of thioether (sulfide) groups is 1. The molecule has 2 amide bonds. The van der Waals surface area contributed by atoms with Gasteiger partial charge in [0.25, 0.3) is 5.24 Å². The zero-order chi connectivity index (χ0) is 29.3. The zero-order valence-electron chi connectivity index (χ0n) is 22.3. The van der Waals surface area contributed by atoms with E-state index in [0.717, 1.165) is 17.8 Å². The van der Waals surface area contributed by atoms with Gasteiger partial charge in [0.2, 0.25) is 5.91 Å². The summed E-state index contributed by atoms with van der Waals surface area (Å²) in [5.41, 5.74) is -3.33. The van der Waals surface area contributed by atoms with Gasteiger partial charge in [-0.1, -0.05) is 32.9 Å². The van der Waals surface area contributed by atoms with Crippen molar-refractivity contribution in [2.75, 3.05) is 27.2 Å². The minimum Gasteiger partial charge on any atom is -0.347 e. The van der Waals surface area contributed by atoms with E-state index in [-0.39, 0.29) is 35.2 Å². The average molecular weight is 579 g/mol. The molecule has 0 bridgehead atoms. The van der Waals surface area contributed by atoms with Crippen molar-refractivity contribution in [1.82, 2.24) is 15.1 Å². The monoisotopic (exact) mass is 578 g/mol. The summed E-state index contributed by atoms with van der Waals surface area (Å²) in [7, 11) is 3.27. The second-order valence-electron chi connectivity index (χ2n) is 11.0. The Morgan fingerprint density at radius 2 is 1.74 bits per heavy atom. The van der Waals surface area contributed by atoms with E-state index in [2.05, 4.69) is 10.3 Å². The van der Waals surface area contributed by atoms with Gasteiger partial charge in [0.15, 0.2) is 0 Å². The van der Waals surface area contributed by atoms with Crippen molar-refractivity contribution in [3.63, 3.8) is 0 Å². The van der Waals surface area contributed by atoms with Crippen LogP contribution in [0.15, 0.2) is 34.2 Å². The van der Waals surface area contributed by atoms with Crippen LogP contribution in [0.2, 0.25) is 0 Å². The molecule has 1 N–H and O–H groups in total. The molecule has 0 aromatic heterocycles. The molecule has 0 unspecified atom stereocenters. The third kappa shape index (κ3) is 8.00. The van der Waals surface area contributed by atoms with E-state index in [1.807, 2.05) is 26.8 Å². The average Bonchev–Trinajstić information content (AvgIpc) is 3.14. The Morgan fingerprint density at radius 3 is 2.26 bits per heavy atom. The van der Waals surface area contributed by atoms with Crippen LogP contribution in [-0.2, 0) is 23.7 Å². The van der Waals surface area contributed by atoms with Gasteiger partial charge < -0.3 is 10.2 Å². The van der Waals surface area contributed by atoms with Crippen LogP contribution in [-0.4, -0.2) is 60.0 Å². The number of carbonyl (C=O) groups is 2. The van der Waals surface area contributed by atoms with Crippen LogP contribution >= 0.6 is 11.8 Å². The van der Waals surface area contributed by atoms with E-state index >= 15 is 0 Å². The number of carbonyl (C=O) groups excluding carboxylic acids is 2. The number of hydrogen-bond donors (Lipinski definition) is 1. The molecule has 6 nitrogen and oxygen atoms in total. The smallest absolute Gasteiger partial charge is 0.347 e. The van der Waals surface area contributed by atoms with Crippen molar-refractivity contribution in [2.45, 2.75) is 58.6 Å². The fourth-order valence-corrected chi connectivity index (χ4v) is 5.23. The van der Waals surface area contributed by atoms with Crippen LogP contribution in [0.25, 0.3) is 0 Å². The predicted molar refractivity (Wildman–Crippen MR) is 138 cm³/mol. The highest BCUT2D eigenvalue weighted by Gasteiger charge is 2.39. The quantitative estimate of drug-likeness (QED) is 0.424. The first kappa shape index (κ1) is 31.0. The lowest BCUT2D eigenvalue weighted by molar-refractivity contribution is -0.143. The summed E-state index contributed by atoms with van der Waals surface area (Å²) in [5, 5.41) is 2.39. The largest absolute Gasteiger partial charge is 0.416 e. The zero-order valence-corrected chi connectivity index (χ0v) is 23.2. The lowest BCUT2D eigenvalue weighted by Gasteiger charge is -2.31. The number of allylic oxidation sites excluding steroid dienone is 1. The molecule has 2 aliphatic rings. The summed E-state index contributed by atoms with van der Waals surface area (Å²) < 4.78 is 79.5. The van der Waals surface area contributed by atoms with E-state index in [0.29, 0.717) is 42.7 Å². The van der Waals surface area contributed by atoms with E-state index in [1.54, 1.807) is 19.0 Å². The third-order valence-corrected chi connectivity index (χ3v) is 7.40. The van der Waals surface area contributed by atoms with E-state index in [4.69, 9.17) is 0 Å². The maximum absolute atomic E-state index is 13.5. The van der Waals surface area contributed by atoms with Crippen molar-refractivity contribution in [1.29, 1.82) is 0 Å². The Hall–Kier alpha value is -2.54. The molecular formula is C26H32F6N4O2S. The molecule has 13 heteroatoms. The second-order valence-corrected chi connectivity index (χ2v) is 12.0. The number of likely N-dealkylation sites (tertiary alicyclic amines) is 1. The van der Waals surface area contributed by atoms with Crippen molar-refractivity contribution in [3.8, 4) is 0 Å². The van der Waals surface area contributed by atoms with Gasteiger partial charge in [0, 0.05) is 20.6 Å². The Labute approximate surface area is 227 Å². The number of halogens is 6. The fraction of sp³-hybridized carbons (Fsp3) is 0.577. The van der Waals surface area contributed by atoms with Crippen LogP contribution < -0.4 is 5.32 Å². The van der Waals surface area contributed by atoms with Gasteiger partial charge in [-0.25, -0.2) is 0 Å². The first-order valence-electron chi connectivity index (χ1n) is 12.4. The highest BCUT2D eigenvalue weighted by molar-refractivity contribution is 8.18. The molecule has 3 rings (SSSR count). The number of rotatable bonds is 5. The number of aliphatic imine (C=N–C) groups is 1. The summed E-state index contributed by atoms with van der Waals surface area (Å²) >= 11 is 0.976. The number of piperidine rings is 1. The van der Waals surface area contributed by atoms with Gasteiger partial charge in [-0.05, 0) is 66.7 Å². The minimum atomic E-state index is -4.91. The van der Waals surface area contributed by atoms with Gasteiger partial charge in [0.1, 0.15) is 11.9 Å². The number of nitrogens with one attached hydrogen (secondary N) is 1. The molecule has 216 valence electrons. The second kappa shape index (κ2) is 11.5. The SMILES string of the molecule is CN(C)C(=O)[C@@H](N=C1NC(=O)S/C1=C\C1CCN(Cc2ccc(C(F)(F)F)cc2C(F)(F)F)CC1)C(C)(C)C. The summed E-state index contributed by atoms with van der Waals surface area (Å²) in [4.78, 5) is 33.3. The molecule has 2 heterocycles. The van der Waals surface area contributed by atoms with E-state index in [1.165, 1.54) is 4.90 Å². The molecule has 2 saturated heterocycles. The van der Waals surface area contributed by atoms with Crippen LogP contribution in [0.4, 0.5) is 31.1 Å². The number of likely N-dealkylation sites (N-methyl/N-ethyl adjacent to an activating group) is 1. The van der Waals surface area contributed by atoms with Gasteiger partial charge in [-0.15, -0.1) is 0 Å². The van der Waals surface area contributed by atoms with Crippen LogP contribution in [0.5, 0.6) is 0 Å². The molecule has 1 atom stereocenters. The molecule has 0 radical (unpaired) electrons. The number of benzene rings is 1. The summed E-state index contributed by atoms with van der Waals surface area (Å²) in [6.45, 7) is 6.37. The molecule has 0 saturated carbocycles. The molecule has 1 aromatic rings. The summed E-state index contributed by atoms with van der Waals surface area (Å²) in [6, 6.07) is 1.02. The Balaban J connectivity index is 1.74. The lowest BCUT2D eigenvalue weighted by atomic mass is 9.86. The third-order valence-electron chi connectivity index (χ3n) is 6.57. The maximum Gasteiger partial charge on any atom is 0.416 e. The number of amides is 2. The topological polar surface area (TPSA) is 65.0 Å². The minimum absolute atomic E-state index is 0.00831. The van der Waals surface area contributed by atoms with Crippen LogP contribution in [0, 0.1) is 11.3 Å². The number of nitrogens with zero attached hydrogens (tertiary/aromatic N) is 3. The van der Waals surface area contributed by atoms with Gasteiger partial charge in [-0.3, -0.25) is 19.5 Å². The maximum atomic E-state index is 13.5. The van der Waals surface area contributed by atoms with Gasteiger partial charge >= 0.3 is 12.4 Å². The number of amidine groups is 1. The number of alkyl halides is 6. The fourth-order valence-electron chi connectivity index (χ4n) is 4.42. The highest BCUT2D eigenvalue weighted by Crippen LogP contribution is 2.38. The molecule has 1 aromatic carbocycles. The first-order chi connectivity index (χ1) is 17.9. The lowest BCUT2D eigenvalue weighted by Crippen LogP contribution is -2.42. The van der Waals surface area contributed by atoms with E-state index < -0.39 is 34.9 Å². The molecular weight excluding hydrogens is 546 g/mol. The summed E-state index contributed by atoms with van der Waals surface area (Å²) in [6.07, 6.45) is -6.72. The van der Waals surface area contributed by atoms with Gasteiger partial charge in [-0.2, -0.15) is 26.3 Å². The normalized spacial score (nSPS) is 20.9. The molecule has 0 aliphatic carbocycles.